The van der Waals surface area contributed by atoms with Gasteiger partial charge in [0.1, 0.15) is 11.4 Å². The predicted molar refractivity (Wildman–Crippen MR) is 69.7 cm³/mol. The van der Waals surface area contributed by atoms with Crippen LogP contribution in [-0.2, 0) is 14.3 Å². The van der Waals surface area contributed by atoms with Gasteiger partial charge in [-0.15, -0.1) is 0 Å². The highest BCUT2D eigenvalue weighted by Crippen LogP contribution is 2.52. The van der Waals surface area contributed by atoms with E-state index in [2.05, 4.69) is 0 Å². The van der Waals surface area contributed by atoms with Crippen molar-refractivity contribution in [3.63, 3.8) is 0 Å². The minimum Gasteiger partial charge on any atom is -0.393 e. The van der Waals surface area contributed by atoms with Crippen molar-refractivity contribution in [1.29, 1.82) is 0 Å². The van der Waals surface area contributed by atoms with E-state index < -0.39 is 35.3 Å². The summed E-state index contributed by atoms with van der Waals surface area (Å²) in [6.07, 6.45) is 2.90. The molecule has 0 saturated carbocycles. The van der Waals surface area contributed by atoms with Crippen molar-refractivity contribution in [2.24, 2.45) is 11.8 Å². The summed E-state index contributed by atoms with van der Waals surface area (Å²) >= 11 is 0. The van der Waals surface area contributed by atoms with E-state index >= 15 is 0 Å². The zero-order valence-electron chi connectivity index (χ0n) is 10.9. The Morgan fingerprint density at radius 3 is 2.62 bits per heavy atom. The number of aliphatic hydroxyl groups is 1. The minimum atomic E-state index is -1.10. The number of halogens is 1. The quantitative estimate of drug-likeness (QED) is 0.640. The zero-order chi connectivity index (χ0) is 14.8. The van der Waals surface area contributed by atoms with E-state index in [0.717, 1.165) is 4.90 Å². The van der Waals surface area contributed by atoms with E-state index in [4.69, 9.17) is 4.74 Å². The Morgan fingerprint density at radius 1 is 1.24 bits per heavy atom. The molecule has 4 rings (SSSR count). The summed E-state index contributed by atoms with van der Waals surface area (Å²) in [6.45, 7) is -0.350. The fraction of sp³-hybridized carbons (Fsp3) is 0.333. The SMILES string of the molecule is O=C1[C@H]2[C@@H]3C=C[C@](CO)(O3)[C@@H]2C(=O)N1c1ccc(F)cc1. The van der Waals surface area contributed by atoms with E-state index in [-0.39, 0.29) is 12.5 Å². The lowest BCUT2D eigenvalue weighted by atomic mass is 9.77. The topological polar surface area (TPSA) is 66.8 Å². The third kappa shape index (κ3) is 1.46. The van der Waals surface area contributed by atoms with E-state index in [1.807, 2.05) is 0 Å². The van der Waals surface area contributed by atoms with Crippen LogP contribution >= 0.6 is 0 Å². The fourth-order valence-electron chi connectivity index (χ4n) is 3.53. The predicted octanol–water partition coefficient (Wildman–Crippen LogP) is 0.631. The van der Waals surface area contributed by atoms with Crippen molar-refractivity contribution in [2.45, 2.75) is 11.7 Å². The van der Waals surface area contributed by atoms with Gasteiger partial charge in [-0.1, -0.05) is 12.2 Å². The van der Waals surface area contributed by atoms with Gasteiger partial charge in [0.2, 0.25) is 11.8 Å². The molecule has 21 heavy (non-hydrogen) atoms. The molecule has 6 heteroatoms. The molecule has 2 amide bonds. The lowest BCUT2D eigenvalue weighted by Gasteiger charge is -2.26. The van der Waals surface area contributed by atoms with Crippen molar-refractivity contribution in [3.8, 4) is 0 Å². The van der Waals surface area contributed by atoms with E-state index in [1.165, 1.54) is 24.3 Å². The van der Waals surface area contributed by atoms with Crippen molar-refractivity contribution in [1.82, 2.24) is 0 Å². The molecule has 2 saturated heterocycles. The number of hydrogen-bond donors (Lipinski definition) is 1. The van der Waals surface area contributed by atoms with Gasteiger partial charge in [-0.05, 0) is 24.3 Å². The summed E-state index contributed by atoms with van der Waals surface area (Å²) in [4.78, 5) is 26.2. The van der Waals surface area contributed by atoms with Gasteiger partial charge in [0.05, 0.1) is 30.2 Å². The van der Waals surface area contributed by atoms with Gasteiger partial charge in [0, 0.05) is 0 Å². The van der Waals surface area contributed by atoms with Crippen LogP contribution in [0.4, 0.5) is 10.1 Å². The molecule has 108 valence electrons. The van der Waals surface area contributed by atoms with Crippen molar-refractivity contribution in [3.05, 3.63) is 42.2 Å². The van der Waals surface area contributed by atoms with E-state index in [0.29, 0.717) is 5.69 Å². The number of carbonyl (C=O) groups is 2. The average molecular weight is 289 g/mol. The number of hydrogen-bond acceptors (Lipinski definition) is 4. The lowest BCUT2D eigenvalue weighted by Crippen LogP contribution is -2.43. The number of anilines is 1. The molecule has 2 fully saturated rings. The highest BCUT2D eigenvalue weighted by atomic mass is 19.1. The zero-order valence-corrected chi connectivity index (χ0v) is 10.9. The maximum absolute atomic E-state index is 13.0. The number of benzene rings is 1. The Labute approximate surface area is 119 Å². The summed E-state index contributed by atoms with van der Waals surface area (Å²) in [7, 11) is 0. The molecule has 0 aliphatic carbocycles. The molecule has 3 aliphatic rings. The lowest BCUT2D eigenvalue weighted by molar-refractivity contribution is -0.128. The molecule has 4 atom stereocenters. The Balaban J connectivity index is 1.77. The monoisotopic (exact) mass is 289 g/mol. The van der Waals surface area contributed by atoms with Crippen LogP contribution in [0.5, 0.6) is 0 Å². The number of amides is 2. The normalized spacial score (nSPS) is 36.7. The van der Waals surface area contributed by atoms with Gasteiger partial charge in [-0.2, -0.15) is 0 Å². The first-order chi connectivity index (χ1) is 10.1. The maximum atomic E-state index is 13.0. The standard InChI is InChI=1S/C15H12FNO4/c16-8-1-3-9(4-2-8)17-13(19)11-10-5-6-15(7-18,21-10)12(11)14(17)20/h1-6,10-12,18H,7H2/t10-,11-,12-,15+/m0/s1. The van der Waals surface area contributed by atoms with E-state index in [9.17, 15) is 19.1 Å². The highest BCUT2D eigenvalue weighted by molar-refractivity contribution is 6.23. The second-order valence-electron chi connectivity index (χ2n) is 5.55. The van der Waals surface area contributed by atoms with Crippen LogP contribution in [0.25, 0.3) is 0 Å². The summed E-state index contributed by atoms with van der Waals surface area (Å²) in [5.74, 6) is -2.52. The largest absolute Gasteiger partial charge is 0.393 e. The first kappa shape index (κ1) is 12.7. The summed E-state index contributed by atoms with van der Waals surface area (Å²) in [5.41, 5.74) is -0.759. The number of imide groups is 1. The van der Waals surface area contributed by atoms with Crippen LogP contribution in [0.15, 0.2) is 36.4 Å². The van der Waals surface area contributed by atoms with Gasteiger partial charge < -0.3 is 9.84 Å². The molecular formula is C15H12FNO4. The summed E-state index contributed by atoms with van der Waals surface area (Å²) < 4.78 is 18.6. The third-order valence-electron chi connectivity index (χ3n) is 4.49. The first-order valence-electron chi connectivity index (χ1n) is 6.69. The Kier molecular flexibility index (Phi) is 2.41. The molecule has 1 aromatic carbocycles. The number of nitrogens with zero attached hydrogens (tertiary/aromatic N) is 1. The fourth-order valence-corrected chi connectivity index (χ4v) is 3.53. The number of rotatable bonds is 2. The molecule has 3 heterocycles. The summed E-state index contributed by atoms with van der Waals surface area (Å²) in [6, 6.07) is 5.20. The molecule has 1 aromatic rings. The molecule has 0 spiro atoms. The van der Waals surface area contributed by atoms with Gasteiger partial charge in [-0.25, -0.2) is 9.29 Å². The number of ether oxygens (including phenoxy) is 1. The van der Waals surface area contributed by atoms with Gasteiger partial charge >= 0.3 is 0 Å². The van der Waals surface area contributed by atoms with Crippen LogP contribution in [0.1, 0.15) is 0 Å². The Morgan fingerprint density at radius 2 is 1.95 bits per heavy atom. The van der Waals surface area contributed by atoms with Crippen molar-refractivity contribution < 1.29 is 23.8 Å². The molecule has 0 radical (unpaired) electrons. The second-order valence-corrected chi connectivity index (χ2v) is 5.55. The van der Waals surface area contributed by atoms with Crippen LogP contribution in [0.2, 0.25) is 0 Å². The van der Waals surface area contributed by atoms with Crippen LogP contribution < -0.4 is 4.90 Å². The third-order valence-corrected chi connectivity index (χ3v) is 4.49. The van der Waals surface area contributed by atoms with E-state index in [1.54, 1.807) is 12.2 Å². The molecule has 3 aliphatic heterocycles. The minimum absolute atomic E-state index is 0.341. The van der Waals surface area contributed by atoms with Crippen molar-refractivity contribution >= 4 is 17.5 Å². The highest BCUT2D eigenvalue weighted by Gasteiger charge is 2.67. The molecule has 5 nitrogen and oxygen atoms in total. The molecular weight excluding hydrogens is 277 g/mol. The second kappa shape index (κ2) is 3.99. The molecule has 2 bridgehead atoms. The van der Waals surface area contributed by atoms with Gasteiger partial charge in [-0.3, -0.25) is 9.59 Å². The summed E-state index contributed by atoms with van der Waals surface area (Å²) in [5, 5.41) is 9.58. The van der Waals surface area contributed by atoms with Gasteiger partial charge in [0.15, 0.2) is 0 Å². The van der Waals surface area contributed by atoms with Crippen molar-refractivity contribution in [2.75, 3.05) is 11.5 Å². The van der Waals surface area contributed by atoms with Crippen LogP contribution in [0.3, 0.4) is 0 Å². The van der Waals surface area contributed by atoms with Crippen LogP contribution in [-0.4, -0.2) is 35.2 Å². The maximum Gasteiger partial charge on any atom is 0.241 e. The molecule has 0 aromatic heterocycles. The number of fused-ring (bicyclic) bond motifs is 5. The van der Waals surface area contributed by atoms with Gasteiger partial charge in [0.25, 0.3) is 0 Å². The number of carbonyl (C=O) groups excluding carboxylic acids is 2. The Hall–Kier alpha value is -2.05. The average Bonchev–Trinajstić information content (AvgIpc) is 3.12. The Bertz CT molecular complexity index is 671. The number of aliphatic hydroxyl groups excluding tert-OH is 1. The smallest absolute Gasteiger partial charge is 0.241 e. The molecule has 0 unspecified atom stereocenters. The first-order valence-corrected chi connectivity index (χ1v) is 6.69. The van der Waals surface area contributed by atoms with Crippen LogP contribution in [0, 0.1) is 17.7 Å². The molecule has 1 N–H and O–H groups in total.